The highest BCUT2D eigenvalue weighted by molar-refractivity contribution is 5.93. The zero-order valence-electron chi connectivity index (χ0n) is 11.2. The van der Waals surface area contributed by atoms with Crippen molar-refractivity contribution in [2.45, 2.75) is 0 Å². The molecule has 0 aliphatic rings. The third kappa shape index (κ3) is 3.03. The Morgan fingerprint density at radius 3 is 2.75 bits per heavy atom. The number of carbonyl (C=O) groups is 2. The van der Waals surface area contributed by atoms with Gasteiger partial charge in [-0.25, -0.2) is 9.78 Å². The monoisotopic (exact) mass is 274 g/mol. The molecule has 1 aromatic carbocycles. The van der Waals surface area contributed by atoms with E-state index in [4.69, 9.17) is 4.74 Å². The molecule has 20 heavy (non-hydrogen) atoms. The summed E-state index contributed by atoms with van der Waals surface area (Å²) in [6.45, 7) is -0.0586. The van der Waals surface area contributed by atoms with E-state index in [1.165, 1.54) is 7.11 Å². The molecule has 1 N–H and O–H groups in total. The van der Waals surface area contributed by atoms with E-state index in [1.54, 1.807) is 31.4 Å². The van der Waals surface area contributed by atoms with Crippen molar-refractivity contribution < 1.29 is 19.1 Å². The van der Waals surface area contributed by atoms with Gasteiger partial charge in [-0.3, -0.25) is 4.79 Å². The van der Waals surface area contributed by atoms with Gasteiger partial charge in [-0.15, -0.1) is 0 Å². The fraction of sp³-hybridized carbons (Fsp3) is 0.214. The minimum absolute atomic E-state index is 0.0586. The van der Waals surface area contributed by atoms with Gasteiger partial charge < -0.3 is 14.8 Å². The molecule has 1 amide bonds. The number of benzene rings is 1. The van der Waals surface area contributed by atoms with Crippen molar-refractivity contribution in [3.63, 3.8) is 0 Å². The summed E-state index contributed by atoms with van der Waals surface area (Å²) in [5.74, 6) is -0.165. The standard InChI is InChI=1S/C14H14N2O4/c1-15-13(17)8-20-11-4-3-9-7-16-12(14(18)19-2)6-10(9)5-11/h3-7H,8H2,1-2H3,(H,15,17). The number of fused-ring (bicyclic) bond motifs is 1. The van der Waals surface area contributed by atoms with Crippen LogP contribution < -0.4 is 10.1 Å². The topological polar surface area (TPSA) is 77.5 Å². The van der Waals surface area contributed by atoms with E-state index in [2.05, 4.69) is 15.0 Å². The summed E-state index contributed by atoms with van der Waals surface area (Å²) in [5.41, 5.74) is 0.225. The number of amides is 1. The lowest BCUT2D eigenvalue weighted by Crippen LogP contribution is -2.24. The molecule has 0 aliphatic heterocycles. The fourth-order valence-electron chi connectivity index (χ4n) is 1.65. The molecule has 0 aliphatic carbocycles. The first kappa shape index (κ1) is 13.8. The Morgan fingerprint density at radius 2 is 2.05 bits per heavy atom. The van der Waals surface area contributed by atoms with Gasteiger partial charge in [-0.1, -0.05) is 0 Å². The van der Waals surface area contributed by atoms with Crippen molar-refractivity contribution >= 4 is 22.6 Å². The van der Waals surface area contributed by atoms with Crippen LogP contribution in [-0.4, -0.2) is 37.6 Å². The second-order valence-corrected chi connectivity index (χ2v) is 4.03. The van der Waals surface area contributed by atoms with E-state index in [1.807, 2.05) is 6.07 Å². The summed E-state index contributed by atoms with van der Waals surface area (Å²) >= 11 is 0. The van der Waals surface area contributed by atoms with Gasteiger partial charge in [-0.05, 0) is 29.7 Å². The van der Waals surface area contributed by atoms with Gasteiger partial charge in [0.25, 0.3) is 5.91 Å². The van der Waals surface area contributed by atoms with Crippen LogP contribution in [0.5, 0.6) is 5.75 Å². The molecular formula is C14H14N2O4. The Bertz CT molecular complexity index is 655. The number of hydrogen-bond donors (Lipinski definition) is 1. The molecular weight excluding hydrogens is 260 g/mol. The second-order valence-electron chi connectivity index (χ2n) is 4.03. The molecule has 104 valence electrons. The number of nitrogens with zero attached hydrogens (tertiary/aromatic N) is 1. The van der Waals surface area contributed by atoms with E-state index in [9.17, 15) is 9.59 Å². The SMILES string of the molecule is CNC(=O)COc1ccc2cnc(C(=O)OC)cc2c1. The first-order valence-corrected chi connectivity index (χ1v) is 5.95. The average molecular weight is 274 g/mol. The number of hydrogen-bond acceptors (Lipinski definition) is 5. The summed E-state index contributed by atoms with van der Waals surface area (Å²) in [7, 11) is 2.84. The molecule has 0 saturated carbocycles. The predicted octanol–water partition coefficient (Wildman–Crippen LogP) is 1.15. The summed E-state index contributed by atoms with van der Waals surface area (Å²) < 4.78 is 9.97. The molecule has 1 heterocycles. The average Bonchev–Trinajstić information content (AvgIpc) is 2.50. The molecule has 0 radical (unpaired) electrons. The van der Waals surface area contributed by atoms with Crippen LogP contribution in [0.1, 0.15) is 10.5 Å². The summed E-state index contributed by atoms with van der Waals surface area (Å²) in [6, 6.07) is 6.91. The van der Waals surface area contributed by atoms with Crippen molar-refractivity contribution in [1.82, 2.24) is 10.3 Å². The van der Waals surface area contributed by atoms with Crippen LogP contribution in [0.3, 0.4) is 0 Å². The van der Waals surface area contributed by atoms with Crippen LogP contribution in [0.2, 0.25) is 0 Å². The number of esters is 1. The van der Waals surface area contributed by atoms with Crippen LogP contribution in [0.15, 0.2) is 30.5 Å². The van der Waals surface area contributed by atoms with Crippen LogP contribution in [0.25, 0.3) is 10.8 Å². The lowest BCUT2D eigenvalue weighted by Gasteiger charge is -2.07. The maximum Gasteiger partial charge on any atom is 0.356 e. The van der Waals surface area contributed by atoms with Crippen LogP contribution in [-0.2, 0) is 9.53 Å². The predicted molar refractivity (Wildman–Crippen MR) is 72.6 cm³/mol. The molecule has 0 saturated heterocycles. The Hall–Kier alpha value is -2.63. The van der Waals surface area contributed by atoms with Crippen molar-refractivity contribution in [2.24, 2.45) is 0 Å². The molecule has 1 aromatic heterocycles. The van der Waals surface area contributed by atoms with Crippen molar-refractivity contribution in [1.29, 1.82) is 0 Å². The van der Waals surface area contributed by atoms with E-state index < -0.39 is 5.97 Å². The highest BCUT2D eigenvalue weighted by Gasteiger charge is 2.08. The number of ether oxygens (including phenoxy) is 2. The van der Waals surface area contributed by atoms with Crippen molar-refractivity contribution in [3.05, 3.63) is 36.2 Å². The number of nitrogens with one attached hydrogen (secondary N) is 1. The smallest absolute Gasteiger partial charge is 0.356 e. The van der Waals surface area contributed by atoms with E-state index in [0.29, 0.717) is 5.75 Å². The second kappa shape index (κ2) is 6.01. The summed E-state index contributed by atoms with van der Waals surface area (Å²) in [4.78, 5) is 26.6. The minimum Gasteiger partial charge on any atom is -0.484 e. The molecule has 2 rings (SSSR count). The first-order valence-electron chi connectivity index (χ1n) is 5.95. The zero-order chi connectivity index (χ0) is 14.5. The van der Waals surface area contributed by atoms with Gasteiger partial charge in [0, 0.05) is 18.6 Å². The number of pyridine rings is 1. The molecule has 2 aromatic rings. The van der Waals surface area contributed by atoms with Gasteiger partial charge in [0.1, 0.15) is 11.4 Å². The lowest BCUT2D eigenvalue weighted by molar-refractivity contribution is -0.122. The highest BCUT2D eigenvalue weighted by atomic mass is 16.5. The van der Waals surface area contributed by atoms with Crippen LogP contribution >= 0.6 is 0 Å². The zero-order valence-corrected chi connectivity index (χ0v) is 11.2. The fourth-order valence-corrected chi connectivity index (χ4v) is 1.65. The van der Waals surface area contributed by atoms with Crippen molar-refractivity contribution in [2.75, 3.05) is 20.8 Å². The summed E-state index contributed by atoms with van der Waals surface area (Å²) in [5, 5.41) is 4.12. The Balaban J connectivity index is 2.27. The number of methoxy groups -OCH3 is 1. The number of rotatable bonds is 4. The normalized spacial score (nSPS) is 10.1. The van der Waals surface area contributed by atoms with E-state index in [-0.39, 0.29) is 18.2 Å². The maximum absolute atomic E-state index is 11.4. The first-order chi connectivity index (χ1) is 9.63. The van der Waals surface area contributed by atoms with Crippen LogP contribution in [0.4, 0.5) is 0 Å². The largest absolute Gasteiger partial charge is 0.484 e. The summed E-state index contributed by atoms with van der Waals surface area (Å²) in [6.07, 6.45) is 1.59. The van der Waals surface area contributed by atoms with Crippen LogP contribution in [0, 0.1) is 0 Å². The molecule has 6 nitrogen and oxygen atoms in total. The van der Waals surface area contributed by atoms with E-state index in [0.717, 1.165) is 10.8 Å². The Kier molecular flexibility index (Phi) is 4.14. The number of carbonyl (C=O) groups excluding carboxylic acids is 2. The molecule has 0 bridgehead atoms. The third-order valence-electron chi connectivity index (χ3n) is 2.74. The molecule has 0 spiro atoms. The van der Waals surface area contributed by atoms with Gasteiger partial charge in [0.15, 0.2) is 6.61 Å². The lowest BCUT2D eigenvalue weighted by atomic mass is 10.1. The van der Waals surface area contributed by atoms with E-state index >= 15 is 0 Å². The van der Waals surface area contributed by atoms with Gasteiger partial charge in [0.05, 0.1) is 7.11 Å². The Labute approximate surface area is 115 Å². The molecule has 6 heteroatoms. The molecule has 0 unspecified atom stereocenters. The number of likely N-dealkylation sites (N-methyl/N-ethyl adjacent to an activating group) is 1. The Morgan fingerprint density at radius 1 is 1.25 bits per heavy atom. The molecule has 0 fully saturated rings. The molecule has 0 atom stereocenters. The van der Waals surface area contributed by atoms with Gasteiger partial charge >= 0.3 is 5.97 Å². The maximum atomic E-state index is 11.4. The number of aromatic nitrogens is 1. The van der Waals surface area contributed by atoms with Gasteiger partial charge in [-0.2, -0.15) is 0 Å². The van der Waals surface area contributed by atoms with Gasteiger partial charge in [0.2, 0.25) is 0 Å². The quantitative estimate of drug-likeness (QED) is 0.846. The third-order valence-corrected chi connectivity index (χ3v) is 2.74. The highest BCUT2D eigenvalue weighted by Crippen LogP contribution is 2.21. The minimum atomic E-state index is -0.497. The van der Waals surface area contributed by atoms with Crippen molar-refractivity contribution in [3.8, 4) is 5.75 Å².